The van der Waals surface area contributed by atoms with Crippen molar-refractivity contribution in [3.05, 3.63) is 81.4 Å². The summed E-state index contributed by atoms with van der Waals surface area (Å²) in [6, 6.07) is 15.4. The lowest BCUT2D eigenvalue weighted by atomic mass is 9.47. The van der Waals surface area contributed by atoms with Gasteiger partial charge in [-0.2, -0.15) is 0 Å². The van der Waals surface area contributed by atoms with Crippen LogP contribution in [0.15, 0.2) is 59.2 Å². The maximum absolute atomic E-state index is 2.95. The summed E-state index contributed by atoms with van der Waals surface area (Å²) in [4.78, 5) is 0. The Labute approximate surface area is 293 Å². The fourth-order valence-corrected chi connectivity index (χ4v) is 13.7. The van der Waals surface area contributed by atoms with Gasteiger partial charge in [0, 0.05) is 11.3 Å². The van der Waals surface area contributed by atoms with E-state index in [4.69, 9.17) is 0 Å². The van der Waals surface area contributed by atoms with Crippen molar-refractivity contribution in [2.75, 3.05) is 0 Å². The molecule has 0 heteroatoms. The summed E-state index contributed by atoms with van der Waals surface area (Å²) in [5.41, 5.74) is 16.0. The topological polar surface area (TPSA) is 0 Å². The molecular formula is C48H64. The Morgan fingerprint density at radius 1 is 0.667 bits per heavy atom. The van der Waals surface area contributed by atoms with Crippen LogP contribution < -0.4 is 0 Å². The Balaban J connectivity index is 1.23. The van der Waals surface area contributed by atoms with Crippen LogP contribution in [0.5, 0.6) is 0 Å². The summed E-state index contributed by atoms with van der Waals surface area (Å²) in [7, 11) is 0. The zero-order valence-corrected chi connectivity index (χ0v) is 31.8. The van der Waals surface area contributed by atoms with Gasteiger partial charge in [-0.15, -0.1) is 0 Å². The molecule has 256 valence electrons. The molecule has 5 fully saturated rings. The Kier molecular flexibility index (Phi) is 7.12. The standard InChI is InChI=1S/C48H64/c1-29(2)48(44-37-16-14-34(45(3,4)5)21-39(37)40-22-35(46(6,7)8)15-17-38(40)44)28-42(33-12-10-9-11-13-33)41-23-36(24-43(41)48)47-25-30-18-31(26-47)20-32(19-30)27-47/h14-17,21-22,24,29-33,42,44H,9-13,18-20,23,25-28H2,1-8H3. The molecule has 2 aromatic carbocycles. The fourth-order valence-electron chi connectivity index (χ4n) is 13.7. The zero-order valence-electron chi connectivity index (χ0n) is 31.8. The maximum atomic E-state index is 2.95. The van der Waals surface area contributed by atoms with Crippen LogP contribution in [0.3, 0.4) is 0 Å². The van der Waals surface area contributed by atoms with E-state index in [1.807, 2.05) is 16.7 Å². The van der Waals surface area contributed by atoms with Crippen molar-refractivity contribution in [1.82, 2.24) is 0 Å². The van der Waals surface area contributed by atoms with Crippen molar-refractivity contribution in [2.24, 2.45) is 46.3 Å². The Morgan fingerprint density at radius 3 is 1.67 bits per heavy atom. The van der Waals surface area contributed by atoms with E-state index in [9.17, 15) is 0 Å². The van der Waals surface area contributed by atoms with Gasteiger partial charge >= 0.3 is 0 Å². The van der Waals surface area contributed by atoms with Crippen LogP contribution in [-0.2, 0) is 10.8 Å². The smallest absolute Gasteiger partial charge is 0.0201 e. The number of benzene rings is 2. The van der Waals surface area contributed by atoms with E-state index in [0.29, 0.717) is 17.3 Å². The molecule has 0 spiro atoms. The Bertz CT molecular complexity index is 1590. The second-order valence-electron chi connectivity index (χ2n) is 20.9. The molecule has 0 aromatic heterocycles. The number of hydrogen-bond donors (Lipinski definition) is 0. The highest BCUT2D eigenvalue weighted by Crippen LogP contribution is 2.71. The number of fused-ring (bicyclic) bond motifs is 3. The molecule has 2 aromatic rings. The Morgan fingerprint density at radius 2 is 1.19 bits per heavy atom. The second-order valence-corrected chi connectivity index (χ2v) is 20.9. The first-order valence-corrected chi connectivity index (χ1v) is 20.5. The van der Waals surface area contributed by atoms with Crippen LogP contribution >= 0.6 is 0 Å². The molecular weight excluding hydrogens is 577 g/mol. The average Bonchev–Trinajstić information content (AvgIpc) is 3.70. The van der Waals surface area contributed by atoms with Crippen molar-refractivity contribution in [3.63, 3.8) is 0 Å². The third-order valence-corrected chi connectivity index (χ3v) is 15.8. The zero-order chi connectivity index (χ0) is 33.4. The number of hydrogen-bond acceptors (Lipinski definition) is 0. The summed E-state index contributed by atoms with van der Waals surface area (Å²) in [5.74, 6) is 5.74. The molecule has 2 unspecified atom stereocenters. The summed E-state index contributed by atoms with van der Waals surface area (Å²) in [6.45, 7) is 19.6. The van der Waals surface area contributed by atoms with E-state index in [-0.39, 0.29) is 16.2 Å². The van der Waals surface area contributed by atoms with Crippen LogP contribution in [0.2, 0.25) is 0 Å². The molecule has 5 saturated carbocycles. The predicted molar refractivity (Wildman–Crippen MR) is 203 cm³/mol. The lowest BCUT2D eigenvalue weighted by Gasteiger charge is -2.58. The molecule has 0 N–H and O–H groups in total. The van der Waals surface area contributed by atoms with Crippen LogP contribution in [-0.4, -0.2) is 0 Å². The van der Waals surface area contributed by atoms with Crippen LogP contribution in [0.25, 0.3) is 11.1 Å². The molecule has 8 aliphatic carbocycles. The molecule has 2 atom stereocenters. The van der Waals surface area contributed by atoms with Gasteiger partial charge in [-0.25, -0.2) is 0 Å². The number of allylic oxidation sites excluding steroid dienone is 4. The van der Waals surface area contributed by atoms with E-state index in [1.54, 1.807) is 41.5 Å². The molecule has 0 radical (unpaired) electrons. The highest BCUT2D eigenvalue weighted by atomic mass is 14.6. The minimum atomic E-state index is 0.140. The minimum Gasteiger partial charge on any atom is -0.0619 e. The summed E-state index contributed by atoms with van der Waals surface area (Å²) >= 11 is 0. The van der Waals surface area contributed by atoms with Gasteiger partial charge in [-0.3, -0.25) is 0 Å². The summed E-state index contributed by atoms with van der Waals surface area (Å²) in [6.07, 6.45) is 22.1. The van der Waals surface area contributed by atoms with Crippen molar-refractivity contribution in [2.45, 2.75) is 156 Å². The van der Waals surface area contributed by atoms with Crippen molar-refractivity contribution >= 4 is 0 Å². The Hall–Kier alpha value is -2.08. The van der Waals surface area contributed by atoms with E-state index in [0.717, 1.165) is 29.6 Å². The first kappa shape index (κ1) is 31.9. The van der Waals surface area contributed by atoms with Crippen LogP contribution in [0.4, 0.5) is 0 Å². The van der Waals surface area contributed by atoms with Gasteiger partial charge in [0.15, 0.2) is 0 Å². The van der Waals surface area contributed by atoms with E-state index in [2.05, 4.69) is 97.9 Å². The predicted octanol–water partition coefficient (Wildman–Crippen LogP) is 13.5. The molecule has 0 amide bonds. The highest BCUT2D eigenvalue weighted by molar-refractivity contribution is 5.82. The van der Waals surface area contributed by atoms with Crippen molar-refractivity contribution in [1.29, 1.82) is 0 Å². The molecule has 48 heavy (non-hydrogen) atoms. The SMILES string of the molecule is CC(C)C1(C2c3ccc(C(C)(C)C)cc3-c3cc(C(C)(C)C)ccc32)CC(C2CCCCC2)C2=C1C=C(C13CC4CC(CC(C4)C1)C3)C2. The quantitative estimate of drug-likeness (QED) is 0.312. The van der Waals surface area contributed by atoms with Crippen LogP contribution in [0, 0.1) is 46.3 Å². The molecule has 0 heterocycles. The average molecular weight is 641 g/mol. The van der Waals surface area contributed by atoms with Gasteiger partial charge in [-0.1, -0.05) is 128 Å². The van der Waals surface area contributed by atoms with E-state index in [1.165, 1.54) is 75.3 Å². The van der Waals surface area contributed by atoms with Gasteiger partial charge in [-0.05, 0) is 155 Å². The van der Waals surface area contributed by atoms with Gasteiger partial charge < -0.3 is 0 Å². The summed E-state index contributed by atoms with van der Waals surface area (Å²) < 4.78 is 0. The second kappa shape index (κ2) is 10.7. The summed E-state index contributed by atoms with van der Waals surface area (Å²) in [5, 5.41) is 0. The molecule has 0 saturated heterocycles. The van der Waals surface area contributed by atoms with Gasteiger partial charge in [0.05, 0.1) is 0 Å². The minimum absolute atomic E-state index is 0.140. The van der Waals surface area contributed by atoms with Crippen LogP contribution in [0.1, 0.15) is 167 Å². The lowest BCUT2D eigenvalue weighted by molar-refractivity contribution is -0.0316. The lowest BCUT2D eigenvalue weighted by Crippen LogP contribution is -2.47. The van der Waals surface area contributed by atoms with Crippen molar-refractivity contribution in [3.8, 4) is 11.1 Å². The highest BCUT2D eigenvalue weighted by Gasteiger charge is 2.59. The maximum Gasteiger partial charge on any atom is 0.0201 e. The van der Waals surface area contributed by atoms with Gasteiger partial charge in [0.25, 0.3) is 0 Å². The van der Waals surface area contributed by atoms with E-state index >= 15 is 0 Å². The molecule has 0 aliphatic heterocycles. The molecule has 8 aliphatic rings. The fraction of sp³-hybridized carbons (Fsp3) is 0.667. The van der Waals surface area contributed by atoms with E-state index < -0.39 is 0 Å². The first-order valence-electron chi connectivity index (χ1n) is 20.5. The first-order chi connectivity index (χ1) is 22.8. The normalized spacial score (nSPS) is 34.6. The third kappa shape index (κ3) is 4.65. The van der Waals surface area contributed by atoms with Gasteiger partial charge in [0.2, 0.25) is 0 Å². The largest absolute Gasteiger partial charge is 0.0619 e. The monoisotopic (exact) mass is 641 g/mol. The molecule has 10 rings (SSSR count). The third-order valence-electron chi connectivity index (χ3n) is 15.8. The molecule has 0 nitrogen and oxygen atoms in total. The van der Waals surface area contributed by atoms with Gasteiger partial charge in [0.1, 0.15) is 0 Å². The molecule has 4 bridgehead atoms. The number of rotatable bonds is 4. The van der Waals surface area contributed by atoms with Crippen molar-refractivity contribution < 1.29 is 0 Å².